The van der Waals surface area contributed by atoms with Crippen LogP contribution in [0.4, 0.5) is 26.3 Å². The van der Waals surface area contributed by atoms with Gasteiger partial charge in [-0.15, -0.1) is 0 Å². The molecule has 4 nitrogen and oxygen atoms in total. The van der Waals surface area contributed by atoms with Gasteiger partial charge in [0.2, 0.25) is 0 Å². The fourth-order valence-electron chi connectivity index (χ4n) is 2.91. The second-order valence-electron chi connectivity index (χ2n) is 6.12. The number of fused-ring (bicyclic) bond motifs is 1. The van der Waals surface area contributed by atoms with Crippen LogP contribution in [0.5, 0.6) is 0 Å². The molecule has 0 bridgehead atoms. The molecule has 0 radical (unpaired) electrons. The van der Waals surface area contributed by atoms with Gasteiger partial charge >= 0.3 is 18.1 Å². The maximum absolute atomic E-state index is 14.1. The summed E-state index contributed by atoms with van der Waals surface area (Å²) in [7, 11) is 0. The highest BCUT2D eigenvalue weighted by Crippen LogP contribution is 2.35. The molecule has 0 spiro atoms. The van der Waals surface area contributed by atoms with Crippen molar-refractivity contribution in [3.8, 4) is 0 Å². The van der Waals surface area contributed by atoms with Gasteiger partial charge < -0.3 is 5.11 Å². The minimum Gasteiger partial charge on any atom is -0.477 e. The van der Waals surface area contributed by atoms with Crippen molar-refractivity contribution in [2.45, 2.75) is 25.6 Å². The van der Waals surface area contributed by atoms with E-state index < -0.39 is 47.1 Å². The van der Waals surface area contributed by atoms with Crippen LogP contribution < -0.4 is 0 Å². The highest BCUT2D eigenvalue weighted by atomic mass is 19.4. The van der Waals surface area contributed by atoms with E-state index in [0.29, 0.717) is 17.1 Å². The molecule has 0 amide bonds. The third-order valence-corrected chi connectivity index (χ3v) is 4.30. The van der Waals surface area contributed by atoms with Gasteiger partial charge in [0.1, 0.15) is 5.82 Å². The van der Waals surface area contributed by atoms with E-state index in [0.717, 1.165) is 28.9 Å². The summed E-state index contributed by atoms with van der Waals surface area (Å²) < 4.78 is 82.3. The van der Waals surface area contributed by atoms with E-state index in [4.69, 9.17) is 5.11 Å². The summed E-state index contributed by atoms with van der Waals surface area (Å²) in [6.07, 6.45) is -4.82. The Hall–Kier alpha value is -3.04. The Kier molecular flexibility index (Phi) is 4.60. The number of alkyl halides is 5. The molecule has 1 heterocycles. The van der Waals surface area contributed by atoms with Crippen molar-refractivity contribution < 1.29 is 36.2 Å². The van der Waals surface area contributed by atoms with Gasteiger partial charge in [-0.2, -0.15) is 27.1 Å². The standard InChI is InChI=1S/C18H12F6N2O2/c1-9-11-6-5-10(17(20,21)16(27)28)7-15(11)26(25-9)8-12-13(18(22,23)24)3-2-4-14(12)19/h2-7H,8H2,1H3,(H,27,28). The van der Waals surface area contributed by atoms with E-state index >= 15 is 0 Å². The molecular weight excluding hydrogens is 390 g/mol. The number of carbonyl (C=O) groups is 1. The Bertz CT molecular complexity index is 1070. The number of nitrogens with zero attached hydrogens (tertiary/aromatic N) is 2. The van der Waals surface area contributed by atoms with E-state index in [1.54, 1.807) is 0 Å². The molecular formula is C18H12F6N2O2. The van der Waals surface area contributed by atoms with Gasteiger partial charge in [0, 0.05) is 16.5 Å². The molecule has 1 N–H and O–H groups in total. The molecule has 0 aliphatic carbocycles. The number of benzene rings is 2. The number of aliphatic carboxylic acids is 1. The predicted octanol–water partition coefficient (Wildman–Crippen LogP) is 4.73. The molecule has 3 rings (SSSR count). The lowest BCUT2D eigenvalue weighted by Crippen LogP contribution is -2.25. The topological polar surface area (TPSA) is 55.1 Å². The second-order valence-corrected chi connectivity index (χ2v) is 6.12. The first-order chi connectivity index (χ1) is 12.9. The Labute approximate surface area is 154 Å². The van der Waals surface area contributed by atoms with Crippen molar-refractivity contribution in [1.29, 1.82) is 0 Å². The van der Waals surface area contributed by atoms with Crippen LogP contribution >= 0.6 is 0 Å². The summed E-state index contributed by atoms with van der Waals surface area (Å²) in [5.74, 6) is -7.70. The summed E-state index contributed by atoms with van der Waals surface area (Å²) in [6, 6.07) is 5.41. The molecule has 0 fully saturated rings. The maximum atomic E-state index is 14.1. The molecule has 0 unspecified atom stereocenters. The summed E-state index contributed by atoms with van der Waals surface area (Å²) >= 11 is 0. The average molecular weight is 402 g/mol. The highest BCUT2D eigenvalue weighted by molar-refractivity contribution is 5.85. The molecule has 0 aliphatic rings. The van der Waals surface area contributed by atoms with Gasteiger partial charge in [-0.3, -0.25) is 4.68 Å². The monoisotopic (exact) mass is 402 g/mol. The molecule has 28 heavy (non-hydrogen) atoms. The third-order valence-electron chi connectivity index (χ3n) is 4.30. The molecule has 1 aromatic heterocycles. The van der Waals surface area contributed by atoms with Gasteiger partial charge in [-0.25, -0.2) is 9.18 Å². The SMILES string of the molecule is Cc1nn(Cc2c(F)cccc2C(F)(F)F)c2cc(C(F)(F)C(=O)O)ccc12. The summed E-state index contributed by atoms with van der Waals surface area (Å²) in [5, 5.41) is 13.0. The van der Waals surface area contributed by atoms with Gasteiger partial charge in [-0.1, -0.05) is 18.2 Å². The lowest BCUT2D eigenvalue weighted by Gasteiger charge is -2.15. The molecule has 0 atom stereocenters. The van der Waals surface area contributed by atoms with Gasteiger partial charge in [0.15, 0.2) is 0 Å². The summed E-state index contributed by atoms with van der Waals surface area (Å²) in [6.45, 7) is 0.827. The Morgan fingerprint density at radius 3 is 2.43 bits per heavy atom. The molecule has 148 valence electrons. The zero-order valence-corrected chi connectivity index (χ0v) is 14.2. The van der Waals surface area contributed by atoms with Crippen LogP contribution in [0.2, 0.25) is 0 Å². The lowest BCUT2D eigenvalue weighted by atomic mass is 10.0. The van der Waals surface area contributed by atoms with Gasteiger partial charge in [0.25, 0.3) is 0 Å². The highest BCUT2D eigenvalue weighted by Gasteiger charge is 2.41. The van der Waals surface area contributed by atoms with E-state index in [-0.39, 0.29) is 5.52 Å². The summed E-state index contributed by atoms with van der Waals surface area (Å²) in [5.41, 5.74) is -2.49. The fourth-order valence-corrected chi connectivity index (χ4v) is 2.91. The van der Waals surface area contributed by atoms with Crippen molar-refractivity contribution in [3.63, 3.8) is 0 Å². The van der Waals surface area contributed by atoms with Crippen molar-refractivity contribution in [2.24, 2.45) is 0 Å². The first kappa shape index (κ1) is 19.7. The zero-order valence-electron chi connectivity index (χ0n) is 14.2. The van der Waals surface area contributed by atoms with E-state index in [2.05, 4.69) is 5.10 Å². The van der Waals surface area contributed by atoms with Crippen LogP contribution in [0, 0.1) is 12.7 Å². The number of hydrogen-bond acceptors (Lipinski definition) is 2. The molecule has 10 heteroatoms. The Morgan fingerprint density at radius 1 is 1.14 bits per heavy atom. The molecule has 0 saturated carbocycles. The number of halogens is 6. The Morgan fingerprint density at radius 2 is 1.82 bits per heavy atom. The zero-order chi connectivity index (χ0) is 20.9. The first-order valence-corrected chi connectivity index (χ1v) is 7.86. The van der Waals surface area contributed by atoms with Gasteiger partial charge in [-0.05, 0) is 25.1 Å². The van der Waals surface area contributed by atoms with E-state index in [1.165, 1.54) is 13.0 Å². The fraction of sp³-hybridized carbons (Fsp3) is 0.222. The molecule has 0 aliphatic heterocycles. The van der Waals surface area contributed by atoms with E-state index in [1.807, 2.05) is 0 Å². The number of hydrogen-bond donors (Lipinski definition) is 1. The quantitative estimate of drug-likeness (QED) is 0.642. The van der Waals surface area contributed by atoms with Crippen LogP contribution in [0.25, 0.3) is 10.9 Å². The molecule has 2 aromatic carbocycles. The largest absolute Gasteiger partial charge is 0.477 e. The van der Waals surface area contributed by atoms with Crippen molar-refractivity contribution in [2.75, 3.05) is 0 Å². The molecule has 0 saturated heterocycles. The van der Waals surface area contributed by atoms with Crippen LogP contribution in [-0.4, -0.2) is 20.9 Å². The van der Waals surface area contributed by atoms with Crippen molar-refractivity contribution in [1.82, 2.24) is 9.78 Å². The first-order valence-electron chi connectivity index (χ1n) is 7.86. The number of aromatic nitrogens is 2. The minimum atomic E-state index is -4.82. The third kappa shape index (κ3) is 3.30. The average Bonchev–Trinajstić information content (AvgIpc) is 2.91. The minimum absolute atomic E-state index is 0.0349. The number of rotatable bonds is 4. The maximum Gasteiger partial charge on any atom is 0.416 e. The number of carboxylic acids is 1. The predicted molar refractivity (Wildman–Crippen MR) is 86.5 cm³/mol. The smallest absolute Gasteiger partial charge is 0.416 e. The summed E-state index contributed by atoms with van der Waals surface area (Å²) in [4.78, 5) is 10.8. The van der Waals surface area contributed by atoms with Crippen molar-refractivity contribution >= 4 is 16.9 Å². The Balaban J connectivity index is 2.17. The van der Waals surface area contributed by atoms with Crippen LogP contribution in [0.15, 0.2) is 36.4 Å². The normalized spacial score (nSPS) is 12.5. The van der Waals surface area contributed by atoms with Crippen LogP contribution in [0.3, 0.4) is 0 Å². The molecule has 3 aromatic rings. The van der Waals surface area contributed by atoms with Crippen LogP contribution in [-0.2, 0) is 23.4 Å². The van der Waals surface area contributed by atoms with Crippen molar-refractivity contribution in [3.05, 3.63) is 64.6 Å². The lowest BCUT2D eigenvalue weighted by molar-refractivity contribution is -0.166. The van der Waals surface area contributed by atoms with Gasteiger partial charge in [0.05, 0.1) is 23.3 Å². The van der Waals surface area contributed by atoms with Crippen LogP contribution in [0.1, 0.15) is 22.4 Å². The second kappa shape index (κ2) is 6.54. The van der Waals surface area contributed by atoms with E-state index in [9.17, 15) is 31.1 Å². The number of carboxylic acid groups (broad SMARTS) is 1. The number of aryl methyl sites for hydroxylation is 1.